The van der Waals surface area contributed by atoms with Gasteiger partial charge in [0, 0.05) is 23.0 Å². The second kappa shape index (κ2) is 9.53. The van der Waals surface area contributed by atoms with Gasteiger partial charge < -0.3 is 10.4 Å². The van der Waals surface area contributed by atoms with Gasteiger partial charge in [0.1, 0.15) is 0 Å². The Morgan fingerprint density at radius 2 is 1.54 bits per heavy atom. The summed E-state index contributed by atoms with van der Waals surface area (Å²) in [7, 11) is 0. The zero-order valence-corrected chi connectivity index (χ0v) is 20.6. The number of rotatable bonds is 6. The summed E-state index contributed by atoms with van der Waals surface area (Å²) < 4.78 is 0. The Morgan fingerprint density at radius 3 is 2.31 bits per heavy atom. The van der Waals surface area contributed by atoms with E-state index in [-0.39, 0.29) is 0 Å². The lowest BCUT2D eigenvalue weighted by atomic mass is 9.92. The molecule has 1 aromatic heterocycles. The van der Waals surface area contributed by atoms with Crippen LogP contribution in [0.1, 0.15) is 30.5 Å². The van der Waals surface area contributed by atoms with Crippen molar-refractivity contribution >= 4 is 33.9 Å². The summed E-state index contributed by atoms with van der Waals surface area (Å²) >= 11 is 6.52. The number of pyridine rings is 1. The first-order chi connectivity index (χ1) is 16.9. The molecule has 0 fully saturated rings. The van der Waals surface area contributed by atoms with Crippen molar-refractivity contribution in [3.05, 3.63) is 125 Å². The summed E-state index contributed by atoms with van der Waals surface area (Å²) in [5, 5.41) is 15.6. The third-order valence-corrected chi connectivity index (χ3v) is 6.48. The molecule has 4 heteroatoms. The Balaban J connectivity index is 1.59. The van der Waals surface area contributed by atoms with E-state index in [1.165, 1.54) is 5.56 Å². The van der Waals surface area contributed by atoms with Gasteiger partial charge >= 0.3 is 0 Å². The van der Waals surface area contributed by atoms with Crippen LogP contribution in [0.25, 0.3) is 22.0 Å². The van der Waals surface area contributed by atoms with Crippen molar-refractivity contribution in [1.29, 1.82) is 0 Å². The van der Waals surface area contributed by atoms with Crippen molar-refractivity contribution in [2.75, 3.05) is 5.32 Å². The van der Waals surface area contributed by atoms with Crippen LogP contribution in [0.2, 0.25) is 5.02 Å². The van der Waals surface area contributed by atoms with E-state index in [2.05, 4.69) is 53.8 Å². The number of aromatic nitrogens is 1. The van der Waals surface area contributed by atoms with Crippen LogP contribution in [0.5, 0.6) is 0 Å². The molecule has 3 nitrogen and oxygen atoms in total. The van der Waals surface area contributed by atoms with Crippen LogP contribution in [0.15, 0.2) is 103 Å². The molecule has 0 radical (unpaired) electrons. The zero-order chi connectivity index (χ0) is 24.4. The predicted molar refractivity (Wildman–Crippen MR) is 146 cm³/mol. The molecule has 0 spiro atoms. The van der Waals surface area contributed by atoms with E-state index in [1.807, 2.05) is 54.7 Å². The maximum absolute atomic E-state index is 10.4. The monoisotopic (exact) mass is 478 g/mol. The molecule has 0 unspecified atom stereocenters. The molecular formula is C31H27ClN2O. The molecule has 0 saturated heterocycles. The molecular weight excluding hydrogens is 452 g/mol. The molecule has 5 rings (SSSR count). The van der Waals surface area contributed by atoms with E-state index in [4.69, 9.17) is 16.6 Å². The minimum atomic E-state index is -0.902. The highest BCUT2D eigenvalue weighted by Gasteiger charge is 2.17. The van der Waals surface area contributed by atoms with E-state index >= 15 is 0 Å². The summed E-state index contributed by atoms with van der Waals surface area (Å²) in [6.45, 7) is 3.58. The number of para-hydroxylation sites is 1. The van der Waals surface area contributed by atoms with E-state index in [0.29, 0.717) is 5.02 Å². The number of hydrogen-bond acceptors (Lipinski definition) is 3. The lowest BCUT2D eigenvalue weighted by Crippen LogP contribution is -2.15. The minimum absolute atomic E-state index is 0.646. The molecule has 0 aliphatic carbocycles. The first-order valence-corrected chi connectivity index (χ1v) is 12.1. The normalized spacial score (nSPS) is 11.5. The highest BCUT2D eigenvalue weighted by atomic mass is 35.5. The minimum Gasteiger partial charge on any atom is -0.386 e. The Hall–Kier alpha value is -3.66. The molecule has 2 N–H and O–H groups in total. The van der Waals surface area contributed by atoms with Crippen molar-refractivity contribution in [3.63, 3.8) is 0 Å². The number of aliphatic hydroxyl groups is 1. The standard InChI is InChI=1S/C31H27ClN2O/c1-31(2,35)24-12-7-14-26(19-24)34-25-13-6-11-22(18-25)29-23(17-21-9-4-3-5-10-21)20-33-30-27(29)15-8-16-28(30)32/h3-16,18-20,34-35H,17H2,1-2H3. The molecule has 0 bridgehead atoms. The number of hydrogen-bond donors (Lipinski definition) is 2. The van der Waals surface area contributed by atoms with Crippen LogP contribution in [0, 0.1) is 0 Å². The SMILES string of the molecule is CC(C)(O)c1cccc(Nc2cccc(-c3c(Cc4ccccc4)cnc4c(Cl)cccc34)c2)c1. The van der Waals surface area contributed by atoms with Crippen molar-refractivity contribution in [1.82, 2.24) is 4.98 Å². The van der Waals surface area contributed by atoms with Gasteiger partial charge in [-0.25, -0.2) is 0 Å². The van der Waals surface area contributed by atoms with Gasteiger partial charge in [0.2, 0.25) is 0 Å². The van der Waals surface area contributed by atoms with Crippen LogP contribution >= 0.6 is 11.6 Å². The lowest BCUT2D eigenvalue weighted by molar-refractivity contribution is 0.0786. The Kier molecular flexibility index (Phi) is 6.29. The molecule has 0 amide bonds. The Bertz CT molecular complexity index is 1490. The largest absolute Gasteiger partial charge is 0.386 e. The summed E-state index contributed by atoms with van der Waals surface area (Å²) in [6, 6.07) is 32.6. The number of halogens is 1. The molecule has 1 heterocycles. The van der Waals surface area contributed by atoms with Crippen molar-refractivity contribution in [2.24, 2.45) is 0 Å². The number of fused-ring (bicyclic) bond motifs is 1. The maximum Gasteiger partial charge on any atom is 0.0894 e. The zero-order valence-electron chi connectivity index (χ0n) is 19.8. The molecule has 174 valence electrons. The van der Waals surface area contributed by atoms with Gasteiger partial charge in [0.05, 0.1) is 16.1 Å². The van der Waals surface area contributed by atoms with Crippen molar-refractivity contribution in [2.45, 2.75) is 25.9 Å². The highest BCUT2D eigenvalue weighted by molar-refractivity contribution is 6.35. The van der Waals surface area contributed by atoms with E-state index in [9.17, 15) is 5.11 Å². The summed E-state index contributed by atoms with van der Waals surface area (Å²) in [6.07, 6.45) is 2.72. The van der Waals surface area contributed by atoms with Crippen LogP contribution in [0.4, 0.5) is 11.4 Å². The number of nitrogens with one attached hydrogen (secondary N) is 1. The van der Waals surface area contributed by atoms with Crippen LogP contribution < -0.4 is 5.32 Å². The van der Waals surface area contributed by atoms with Gasteiger partial charge in [0.25, 0.3) is 0 Å². The van der Waals surface area contributed by atoms with Gasteiger partial charge in [-0.05, 0) is 78.4 Å². The van der Waals surface area contributed by atoms with Gasteiger partial charge in [-0.15, -0.1) is 0 Å². The number of anilines is 2. The van der Waals surface area contributed by atoms with Gasteiger partial charge in [-0.3, -0.25) is 4.98 Å². The maximum atomic E-state index is 10.4. The third-order valence-electron chi connectivity index (χ3n) is 6.17. The second-order valence-corrected chi connectivity index (χ2v) is 9.71. The van der Waals surface area contributed by atoms with Crippen LogP contribution in [-0.4, -0.2) is 10.1 Å². The first-order valence-electron chi connectivity index (χ1n) is 11.7. The fourth-order valence-electron chi connectivity index (χ4n) is 4.42. The highest BCUT2D eigenvalue weighted by Crippen LogP contribution is 2.36. The summed E-state index contributed by atoms with van der Waals surface area (Å²) in [5.41, 5.74) is 7.25. The van der Waals surface area contributed by atoms with E-state index in [1.54, 1.807) is 13.8 Å². The topological polar surface area (TPSA) is 45.1 Å². The molecule has 4 aromatic carbocycles. The molecule has 0 aliphatic rings. The Labute approximate surface area is 211 Å². The van der Waals surface area contributed by atoms with E-state index in [0.717, 1.165) is 51.0 Å². The second-order valence-electron chi connectivity index (χ2n) is 9.30. The van der Waals surface area contributed by atoms with E-state index < -0.39 is 5.60 Å². The fraction of sp³-hybridized carbons (Fsp3) is 0.129. The summed E-state index contributed by atoms with van der Waals surface area (Å²) in [5.74, 6) is 0. The molecule has 5 aromatic rings. The quantitative estimate of drug-likeness (QED) is 0.259. The predicted octanol–water partition coefficient (Wildman–Crippen LogP) is 8.12. The summed E-state index contributed by atoms with van der Waals surface area (Å²) in [4.78, 5) is 4.71. The van der Waals surface area contributed by atoms with Crippen LogP contribution in [0.3, 0.4) is 0 Å². The smallest absolute Gasteiger partial charge is 0.0894 e. The first kappa shape index (κ1) is 23.1. The van der Waals surface area contributed by atoms with Crippen molar-refractivity contribution < 1.29 is 5.11 Å². The van der Waals surface area contributed by atoms with Gasteiger partial charge in [-0.2, -0.15) is 0 Å². The Morgan fingerprint density at radius 1 is 0.829 bits per heavy atom. The molecule has 0 atom stereocenters. The van der Waals surface area contributed by atoms with Gasteiger partial charge in [0.15, 0.2) is 0 Å². The molecule has 0 saturated carbocycles. The molecule has 0 aliphatic heterocycles. The van der Waals surface area contributed by atoms with Gasteiger partial charge in [-0.1, -0.05) is 78.3 Å². The third kappa shape index (κ3) is 5.07. The lowest BCUT2D eigenvalue weighted by Gasteiger charge is -2.19. The van der Waals surface area contributed by atoms with Crippen molar-refractivity contribution in [3.8, 4) is 11.1 Å². The fourth-order valence-corrected chi connectivity index (χ4v) is 4.64. The average molecular weight is 479 g/mol. The molecule has 35 heavy (non-hydrogen) atoms. The average Bonchev–Trinajstić information content (AvgIpc) is 2.84. The number of nitrogens with zero attached hydrogens (tertiary/aromatic N) is 1. The van der Waals surface area contributed by atoms with Crippen LogP contribution in [-0.2, 0) is 12.0 Å². The number of benzene rings is 4.